The van der Waals surface area contributed by atoms with Crippen molar-refractivity contribution in [3.05, 3.63) is 0 Å². The predicted octanol–water partition coefficient (Wildman–Crippen LogP) is -0.488. The zero-order chi connectivity index (χ0) is 8.31. The fraction of sp³-hybridized carbons (Fsp3) is 0.667. The average molecular weight is 172 g/mol. The molecule has 0 aliphatic carbocycles. The molecule has 0 atom stereocenters. The lowest BCUT2D eigenvalue weighted by Crippen LogP contribution is -2.28. The maximum absolute atomic E-state index is 10.2. The summed E-state index contributed by atoms with van der Waals surface area (Å²) in [6.07, 6.45) is 0. The fourth-order valence-corrected chi connectivity index (χ4v) is 0.676. The fourth-order valence-electron chi connectivity index (χ4n) is 0.676. The molecule has 0 aromatic rings. The number of hydrogen-bond donors (Lipinski definition) is 2. The Labute approximate surface area is 80.7 Å². The van der Waals surface area contributed by atoms with E-state index < -0.39 is 17.9 Å². The first-order valence-electron chi connectivity index (χ1n) is 2.92. The molecule has 0 aliphatic heterocycles. The van der Waals surface area contributed by atoms with Gasteiger partial charge in [0.25, 0.3) is 0 Å². The van der Waals surface area contributed by atoms with E-state index in [1.165, 1.54) is 0 Å². The van der Waals surface area contributed by atoms with Crippen LogP contribution in [0.15, 0.2) is 0 Å². The van der Waals surface area contributed by atoms with Crippen molar-refractivity contribution < 1.29 is 19.8 Å². The highest BCUT2D eigenvalue weighted by atomic mass is 24.3. The van der Waals surface area contributed by atoms with Crippen molar-refractivity contribution >= 4 is 35.0 Å². The van der Waals surface area contributed by atoms with Crippen LogP contribution in [0.2, 0.25) is 0 Å². The van der Waals surface area contributed by atoms with Crippen LogP contribution in [0, 0.1) is 11.8 Å². The summed E-state index contributed by atoms with van der Waals surface area (Å²) in [6.45, 7) is 3.12. The summed E-state index contributed by atoms with van der Waals surface area (Å²) in [4.78, 5) is 20.4. The zero-order valence-electron chi connectivity index (χ0n) is 5.87. The van der Waals surface area contributed by atoms with E-state index in [-0.39, 0.29) is 29.0 Å². The van der Waals surface area contributed by atoms with Gasteiger partial charge in [0, 0.05) is 0 Å². The second-order valence-corrected chi connectivity index (χ2v) is 2.40. The lowest BCUT2D eigenvalue weighted by atomic mass is 9.97. The molecule has 0 saturated carbocycles. The first kappa shape index (κ1) is 13.3. The molecule has 0 heterocycles. The summed E-state index contributed by atoms with van der Waals surface area (Å²) in [5.74, 6) is -4.19. The Balaban J connectivity index is 0. The van der Waals surface area contributed by atoms with Crippen LogP contribution in [0.1, 0.15) is 13.8 Å². The van der Waals surface area contributed by atoms with Gasteiger partial charge in [-0.25, -0.2) is 0 Å². The number of aliphatic carboxylic acids is 2. The normalized spacial score (nSPS) is 9.45. The SMILES string of the molecule is CC(C)C(C(=O)O)C(=O)O.[MgH2]. The van der Waals surface area contributed by atoms with Gasteiger partial charge in [0.2, 0.25) is 0 Å². The third kappa shape index (κ3) is 4.21. The quantitative estimate of drug-likeness (QED) is 0.445. The summed E-state index contributed by atoms with van der Waals surface area (Å²) < 4.78 is 0. The van der Waals surface area contributed by atoms with Crippen LogP contribution in [-0.4, -0.2) is 45.2 Å². The molecule has 0 aromatic carbocycles. The third-order valence-corrected chi connectivity index (χ3v) is 1.20. The van der Waals surface area contributed by atoms with Crippen molar-refractivity contribution in [1.29, 1.82) is 0 Å². The number of hydrogen-bond acceptors (Lipinski definition) is 2. The molecule has 0 rings (SSSR count). The molecule has 11 heavy (non-hydrogen) atoms. The van der Waals surface area contributed by atoms with Crippen molar-refractivity contribution in [3.63, 3.8) is 0 Å². The van der Waals surface area contributed by atoms with Crippen LogP contribution in [0.3, 0.4) is 0 Å². The molecule has 62 valence electrons. The summed E-state index contributed by atoms with van der Waals surface area (Å²) in [6, 6.07) is 0. The molecule has 0 spiro atoms. The van der Waals surface area contributed by atoms with Gasteiger partial charge in [0.15, 0.2) is 5.92 Å². The Morgan fingerprint density at radius 1 is 1.09 bits per heavy atom. The van der Waals surface area contributed by atoms with Crippen LogP contribution in [0.4, 0.5) is 0 Å². The molecule has 2 N–H and O–H groups in total. The standard InChI is InChI=1S/C6H10O4.Mg.2H/c1-3(2)4(5(7)8)6(9)10;;;/h3-4H,1-2H3,(H,7,8)(H,9,10);;;. The van der Waals surface area contributed by atoms with Gasteiger partial charge in [-0.1, -0.05) is 13.8 Å². The summed E-state index contributed by atoms with van der Waals surface area (Å²) in [7, 11) is 0. The van der Waals surface area contributed by atoms with Gasteiger partial charge in [-0.3, -0.25) is 9.59 Å². The Hall–Kier alpha value is -0.294. The minimum absolute atomic E-state index is 0. The monoisotopic (exact) mass is 172 g/mol. The first-order valence-corrected chi connectivity index (χ1v) is 2.92. The van der Waals surface area contributed by atoms with Crippen molar-refractivity contribution in [2.45, 2.75) is 13.8 Å². The van der Waals surface area contributed by atoms with Crippen molar-refractivity contribution in [3.8, 4) is 0 Å². The van der Waals surface area contributed by atoms with Crippen molar-refractivity contribution in [1.82, 2.24) is 0 Å². The lowest BCUT2D eigenvalue weighted by Gasteiger charge is -2.09. The highest BCUT2D eigenvalue weighted by Gasteiger charge is 2.28. The number of carboxylic acids is 2. The van der Waals surface area contributed by atoms with Gasteiger partial charge in [-0.15, -0.1) is 0 Å². The first-order chi connectivity index (χ1) is 4.46. The van der Waals surface area contributed by atoms with E-state index in [1.807, 2.05) is 0 Å². The second kappa shape index (κ2) is 5.37. The van der Waals surface area contributed by atoms with Crippen LogP contribution in [-0.2, 0) is 9.59 Å². The van der Waals surface area contributed by atoms with Gasteiger partial charge >= 0.3 is 35.0 Å². The molecule has 0 fully saturated rings. The van der Waals surface area contributed by atoms with Crippen LogP contribution < -0.4 is 0 Å². The Kier molecular flexibility index (Phi) is 6.49. The van der Waals surface area contributed by atoms with Crippen LogP contribution >= 0.6 is 0 Å². The van der Waals surface area contributed by atoms with E-state index in [4.69, 9.17) is 10.2 Å². The van der Waals surface area contributed by atoms with Crippen molar-refractivity contribution in [2.75, 3.05) is 0 Å². The minimum Gasteiger partial charge on any atom is -0.481 e. The maximum Gasteiger partial charge on any atom is 0.318 e. The van der Waals surface area contributed by atoms with Crippen molar-refractivity contribution in [2.24, 2.45) is 11.8 Å². The molecule has 0 radical (unpaired) electrons. The van der Waals surface area contributed by atoms with Gasteiger partial charge in [0.1, 0.15) is 0 Å². The topological polar surface area (TPSA) is 74.6 Å². The van der Waals surface area contributed by atoms with E-state index in [1.54, 1.807) is 13.8 Å². The molecule has 0 amide bonds. The smallest absolute Gasteiger partial charge is 0.318 e. The van der Waals surface area contributed by atoms with Gasteiger partial charge in [-0.05, 0) is 5.92 Å². The highest BCUT2D eigenvalue weighted by Crippen LogP contribution is 2.10. The summed E-state index contributed by atoms with van der Waals surface area (Å²) in [5, 5.41) is 16.7. The Bertz CT molecular complexity index is 141. The van der Waals surface area contributed by atoms with E-state index >= 15 is 0 Å². The van der Waals surface area contributed by atoms with Gasteiger partial charge < -0.3 is 10.2 Å². The second-order valence-electron chi connectivity index (χ2n) is 2.40. The lowest BCUT2D eigenvalue weighted by molar-refractivity contribution is -0.156. The molecule has 0 bridgehead atoms. The zero-order valence-corrected chi connectivity index (χ0v) is 5.87. The summed E-state index contributed by atoms with van der Waals surface area (Å²) >= 11 is 0. The molecule has 0 aromatic heterocycles. The predicted molar refractivity (Wildman–Crippen MR) is 42.1 cm³/mol. The summed E-state index contributed by atoms with van der Waals surface area (Å²) in [5.41, 5.74) is 0. The maximum atomic E-state index is 10.2. The van der Waals surface area contributed by atoms with Gasteiger partial charge in [-0.2, -0.15) is 0 Å². The molecular formula is C6H12MgO4. The third-order valence-electron chi connectivity index (χ3n) is 1.20. The molecule has 0 aliphatic rings. The van der Waals surface area contributed by atoms with E-state index in [0.717, 1.165) is 0 Å². The van der Waals surface area contributed by atoms with Crippen LogP contribution in [0.5, 0.6) is 0 Å². The number of carboxylic acid groups (broad SMARTS) is 2. The van der Waals surface area contributed by atoms with E-state index in [9.17, 15) is 9.59 Å². The highest BCUT2D eigenvalue weighted by molar-refractivity contribution is 5.93. The molecule has 4 nitrogen and oxygen atoms in total. The van der Waals surface area contributed by atoms with E-state index in [0.29, 0.717) is 0 Å². The molecule has 0 unspecified atom stereocenters. The Morgan fingerprint density at radius 3 is 1.36 bits per heavy atom. The molecule has 0 saturated heterocycles. The largest absolute Gasteiger partial charge is 0.481 e. The van der Waals surface area contributed by atoms with E-state index in [2.05, 4.69) is 0 Å². The van der Waals surface area contributed by atoms with Crippen LogP contribution in [0.25, 0.3) is 0 Å². The number of carbonyl (C=O) groups is 2. The van der Waals surface area contributed by atoms with Gasteiger partial charge in [0.05, 0.1) is 0 Å². The minimum atomic E-state index is -1.28. The number of rotatable bonds is 3. The average Bonchev–Trinajstić information content (AvgIpc) is 1.59. The molecule has 5 heteroatoms. The Morgan fingerprint density at radius 2 is 1.36 bits per heavy atom. The molecular weight excluding hydrogens is 160 g/mol.